The van der Waals surface area contributed by atoms with E-state index in [0.717, 1.165) is 10.9 Å². The molecule has 4 heteroatoms. The molecule has 0 N–H and O–H groups in total. The molecule has 0 bridgehead atoms. The molecule has 2 aromatic heterocycles. The van der Waals surface area contributed by atoms with E-state index in [4.69, 9.17) is 0 Å². The van der Waals surface area contributed by atoms with Gasteiger partial charge in [0.25, 0.3) is 0 Å². The van der Waals surface area contributed by atoms with Crippen LogP contribution in [0.4, 0.5) is 0 Å². The second kappa shape index (κ2) is 3.56. The zero-order valence-electron chi connectivity index (χ0n) is 9.44. The maximum atomic E-state index is 11.5. The van der Waals surface area contributed by atoms with Gasteiger partial charge in [-0.05, 0) is 25.5 Å². The molecule has 16 heavy (non-hydrogen) atoms. The molecule has 0 fully saturated rings. The molecule has 2 heterocycles. The van der Waals surface area contributed by atoms with Crippen LogP contribution < -0.4 is 0 Å². The summed E-state index contributed by atoms with van der Waals surface area (Å²) in [5.41, 5.74) is 2.06. The highest BCUT2D eigenvalue weighted by molar-refractivity contribution is 6.08. The van der Waals surface area contributed by atoms with E-state index in [1.807, 2.05) is 13.0 Å². The Balaban J connectivity index is 2.87. The van der Waals surface area contributed by atoms with Gasteiger partial charge in [0.2, 0.25) is 5.91 Å². The first-order valence-electron chi connectivity index (χ1n) is 5.00. The van der Waals surface area contributed by atoms with Crippen molar-refractivity contribution in [2.24, 2.45) is 0 Å². The topological polar surface area (TPSA) is 52.0 Å². The number of carbonyl (C=O) groups excluding carboxylic acids is 2. The maximum Gasteiger partial charge on any atom is 0.229 e. The van der Waals surface area contributed by atoms with Gasteiger partial charge in [0.05, 0.1) is 0 Å². The molecule has 2 aromatic rings. The molecule has 0 unspecified atom stereocenters. The van der Waals surface area contributed by atoms with Crippen molar-refractivity contribution in [3.05, 3.63) is 29.6 Å². The summed E-state index contributed by atoms with van der Waals surface area (Å²) in [6, 6.07) is 1.87. The van der Waals surface area contributed by atoms with Gasteiger partial charge in [0.1, 0.15) is 5.65 Å². The van der Waals surface area contributed by atoms with Gasteiger partial charge in [-0.2, -0.15) is 0 Å². The fourth-order valence-corrected chi connectivity index (χ4v) is 1.73. The zero-order valence-corrected chi connectivity index (χ0v) is 9.44. The van der Waals surface area contributed by atoms with Crippen molar-refractivity contribution in [2.45, 2.75) is 20.8 Å². The molecule has 0 saturated carbocycles. The third-order valence-electron chi connectivity index (χ3n) is 2.50. The van der Waals surface area contributed by atoms with Crippen LogP contribution in [-0.4, -0.2) is 21.2 Å². The molecule has 0 spiro atoms. The fraction of sp³-hybridized carbons (Fsp3) is 0.250. The Bertz CT molecular complexity index is 596. The molecule has 4 nitrogen and oxygen atoms in total. The summed E-state index contributed by atoms with van der Waals surface area (Å²) in [7, 11) is 0. The number of hydrogen-bond acceptors (Lipinski definition) is 3. The fourth-order valence-electron chi connectivity index (χ4n) is 1.73. The minimum absolute atomic E-state index is 0.0580. The Kier molecular flexibility index (Phi) is 2.34. The van der Waals surface area contributed by atoms with Crippen molar-refractivity contribution in [3.8, 4) is 0 Å². The SMILES string of the molecule is CC(=O)c1cn(C(C)=O)c2ncc(C)cc12. The second-order valence-electron chi connectivity index (χ2n) is 3.87. The normalized spacial score (nSPS) is 10.7. The largest absolute Gasteiger partial charge is 0.294 e. The first kappa shape index (κ1) is 10.5. The van der Waals surface area contributed by atoms with Gasteiger partial charge in [-0.15, -0.1) is 0 Å². The molecule has 0 aliphatic heterocycles. The monoisotopic (exact) mass is 216 g/mol. The Morgan fingerprint density at radius 2 is 2.00 bits per heavy atom. The van der Waals surface area contributed by atoms with E-state index in [2.05, 4.69) is 4.98 Å². The number of aryl methyl sites for hydroxylation is 1. The van der Waals surface area contributed by atoms with Crippen molar-refractivity contribution < 1.29 is 9.59 Å². The quantitative estimate of drug-likeness (QED) is 0.687. The first-order valence-corrected chi connectivity index (χ1v) is 5.00. The second-order valence-corrected chi connectivity index (χ2v) is 3.87. The predicted molar refractivity (Wildman–Crippen MR) is 60.8 cm³/mol. The first-order chi connectivity index (χ1) is 7.50. The Morgan fingerprint density at radius 3 is 2.56 bits per heavy atom. The molecule has 0 aliphatic carbocycles. The molecule has 2 rings (SSSR count). The number of nitrogens with zero attached hydrogens (tertiary/aromatic N) is 2. The van der Waals surface area contributed by atoms with E-state index in [1.165, 1.54) is 18.4 Å². The van der Waals surface area contributed by atoms with Crippen LogP contribution in [0.3, 0.4) is 0 Å². The summed E-state index contributed by atoms with van der Waals surface area (Å²) in [6.07, 6.45) is 3.24. The molecule has 0 atom stereocenters. The van der Waals surface area contributed by atoms with Gasteiger partial charge in [-0.3, -0.25) is 14.2 Å². The molecule has 0 saturated heterocycles. The molecule has 0 aromatic carbocycles. The average Bonchev–Trinajstić information content (AvgIpc) is 2.56. The van der Waals surface area contributed by atoms with E-state index in [0.29, 0.717) is 11.2 Å². The van der Waals surface area contributed by atoms with Crippen molar-refractivity contribution in [2.75, 3.05) is 0 Å². The van der Waals surface area contributed by atoms with Crippen molar-refractivity contribution in [1.82, 2.24) is 9.55 Å². The number of hydrogen-bond donors (Lipinski definition) is 0. The van der Waals surface area contributed by atoms with Gasteiger partial charge in [0.15, 0.2) is 5.78 Å². The predicted octanol–water partition coefficient (Wildman–Crippen LogP) is 2.21. The van der Waals surface area contributed by atoms with Gasteiger partial charge in [-0.25, -0.2) is 4.98 Å². The summed E-state index contributed by atoms with van der Waals surface area (Å²) < 4.78 is 1.41. The van der Waals surface area contributed by atoms with Crippen molar-refractivity contribution in [1.29, 1.82) is 0 Å². The van der Waals surface area contributed by atoms with Crippen LogP contribution in [0.2, 0.25) is 0 Å². The van der Waals surface area contributed by atoms with E-state index >= 15 is 0 Å². The van der Waals surface area contributed by atoms with Gasteiger partial charge >= 0.3 is 0 Å². The molecule has 0 radical (unpaired) electrons. The number of ketones is 1. The Hall–Kier alpha value is -1.97. The highest BCUT2D eigenvalue weighted by Crippen LogP contribution is 2.21. The molecule has 0 aliphatic rings. The van der Waals surface area contributed by atoms with Crippen LogP contribution in [0.5, 0.6) is 0 Å². The van der Waals surface area contributed by atoms with Crippen molar-refractivity contribution >= 4 is 22.7 Å². The Labute approximate surface area is 92.9 Å². The summed E-state index contributed by atoms with van der Waals surface area (Å²) in [5.74, 6) is -0.203. The lowest BCUT2D eigenvalue weighted by atomic mass is 10.1. The van der Waals surface area contributed by atoms with Crippen LogP contribution >= 0.6 is 0 Å². The molecule has 82 valence electrons. The number of rotatable bonds is 1. The molecule has 0 amide bonds. The van der Waals surface area contributed by atoms with Crippen LogP contribution in [-0.2, 0) is 0 Å². The third kappa shape index (κ3) is 1.52. The lowest BCUT2D eigenvalue weighted by Crippen LogP contribution is -2.04. The van der Waals surface area contributed by atoms with Gasteiger partial charge in [0, 0.05) is 30.3 Å². The van der Waals surface area contributed by atoms with Crippen LogP contribution in [0.25, 0.3) is 11.0 Å². The number of pyridine rings is 1. The van der Waals surface area contributed by atoms with Crippen LogP contribution in [0.15, 0.2) is 18.5 Å². The lowest BCUT2D eigenvalue weighted by molar-refractivity contribution is 0.0941. The summed E-state index contributed by atoms with van der Waals surface area (Å²) in [6.45, 7) is 4.84. The number of fused-ring (bicyclic) bond motifs is 1. The van der Waals surface area contributed by atoms with E-state index in [-0.39, 0.29) is 11.7 Å². The van der Waals surface area contributed by atoms with Crippen LogP contribution in [0, 0.1) is 6.92 Å². The Morgan fingerprint density at radius 1 is 1.31 bits per heavy atom. The molecular formula is C12H12N2O2. The third-order valence-corrected chi connectivity index (χ3v) is 2.50. The smallest absolute Gasteiger partial charge is 0.229 e. The zero-order chi connectivity index (χ0) is 11.9. The number of Topliss-reactive ketones (excluding diaryl/α,β-unsaturated/α-hetero) is 1. The van der Waals surface area contributed by atoms with Crippen LogP contribution in [0.1, 0.15) is 34.6 Å². The van der Waals surface area contributed by atoms with Gasteiger partial charge < -0.3 is 0 Å². The minimum Gasteiger partial charge on any atom is -0.294 e. The summed E-state index contributed by atoms with van der Waals surface area (Å²) in [5, 5.41) is 0.739. The van der Waals surface area contributed by atoms with E-state index in [9.17, 15) is 9.59 Å². The highest BCUT2D eigenvalue weighted by Gasteiger charge is 2.14. The standard InChI is InChI=1S/C12H12N2O2/c1-7-4-10-11(8(2)15)6-14(9(3)16)12(10)13-5-7/h4-6H,1-3H3. The number of aromatic nitrogens is 2. The summed E-state index contributed by atoms with van der Waals surface area (Å²) in [4.78, 5) is 27.0. The number of carbonyl (C=O) groups is 2. The van der Waals surface area contributed by atoms with Gasteiger partial charge in [-0.1, -0.05) is 0 Å². The van der Waals surface area contributed by atoms with E-state index < -0.39 is 0 Å². The van der Waals surface area contributed by atoms with E-state index in [1.54, 1.807) is 12.4 Å². The maximum absolute atomic E-state index is 11.5. The average molecular weight is 216 g/mol. The minimum atomic E-state index is -0.145. The highest BCUT2D eigenvalue weighted by atomic mass is 16.2. The van der Waals surface area contributed by atoms with Crippen molar-refractivity contribution in [3.63, 3.8) is 0 Å². The lowest BCUT2D eigenvalue weighted by Gasteiger charge is -1.98. The summed E-state index contributed by atoms with van der Waals surface area (Å²) >= 11 is 0. The molecular weight excluding hydrogens is 204 g/mol.